The van der Waals surface area contributed by atoms with Crippen LogP contribution in [0, 0.1) is 0 Å². The molecule has 1 aromatic carbocycles. The van der Waals surface area contributed by atoms with Gasteiger partial charge in [-0.1, -0.05) is 11.6 Å². The molecular weight excluding hydrogens is 283 g/mol. The zero-order valence-electron chi connectivity index (χ0n) is 9.46. The highest BCUT2D eigenvalue weighted by atomic mass is 35.5. The van der Waals surface area contributed by atoms with Gasteiger partial charge in [-0.2, -0.15) is 5.10 Å². The van der Waals surface area contributed by atoms with Gasteiger partial charge in [0.1, 0.15) is 5.75 Å². The maximum Gasteiger partial charge on any atom is 0.573 e. The van der Waals surface area contributed by atoms with Crippen LogP contribution in [-0.2, 0) is 6.54 Å². The van der Waals surface area contributed by atoms with Gasteiger partial charge in [0.25, 0.3) is 0 Å². The summed E-state index contributed by atoms with van der Waals surface area (Å²) in [6.07, 6.45) is -4.77. The van der Waals surface area contributed by atoms with Crippen LogP contribution in [0.15, 0.2) is 24.3 Å². The molecule has 0 fully saturated rings. The normalized spacial score (nSPS) is 11.6. The van der Waals surface area contributed by atoms with Crippen molar-refractivity contribution < 1.29 is 17.9 Å². The maximum absolute atomic E-state index is 12.1. The summed E-state index contributed by atoms with van der Waals surface area (Å²) in [5.74, 6) is -0.451. The summed E-state index contributed by atoms with van der Waals surface area (Å²) in [4.78, 5) is 0. The first-order valence-electron chi connectivity index (χ1n) is 5.19. The molecule has 1 aromatic heterocycles. The van der Waals surface area contributed by atoms with Gasteiger partial charge in [-0.15, -0.1) is 13.2 Å². The van der Waals surface area contributed by atoms with Crippen LogP contribution in [0.5, 0.6) is 5.75 Å². The second kappa shape index (κ2) is 5.10. The predicted molar refractivity (Wildman–Crippen MR) is 63.6 cm³/mol. The molecule has 0 spiro atoms. The van der Waals surface area contributed by atoms with Crippen molar-refractivity contribution in [2.45, 2.75) is 12.9 Å². The highest BCUT2D eigenvalue weighted by Gasteiger charge is 2.32. The number of H-pyrrole nitrogens is 1. The van der Waals surface area contributed by atoms with Gasteiger partial charge in [0, 0.05) is 17.8 Å². The van der Waals surface area contributed by atoms with Crippen molar-refractivity contribution in [3.63, 3.8) is 0 Å². The molecule has 3 N–H and O–H groups in total. The lowest BCUT2D eigenvalue weighted by atomic mass is 10.1. The quantitative estimate of drug-likeness (QED) is 0.913. The van der Waals surface area contributed by atoms with Gasteiger partial charge in [0.15, 0.2) is 0 Å². The molecule has 1 heterocycles. The minimum atomic E-state index is -4.77. The Morgan fingerprint density at radius 2 is 2.05 bits per heavy atom. The zero-order chi connectivity index (χ0) is 14.0. The first-order chi connectivity index (χ1) is 8.89. The first kappa shape index (κ1) is 13.7. The molecule has 8 heteroatoms. The van der Waals surface area contributed by atoms with E-state index in [4.69, 9.17) is 17.3 Å². The van der Waals surface area contributed by atoms with Crippen molar-refractivity contribution in [2.24, 2.45) is 5.73 Å². The minimum Gasteiger partial charge on any atom is -0.404 e. The second-order valence-electron chi connectivity index (χ2n) is 3.68. The molecule has 102 valence electrons. The minimum absolute atomic E-state index is 0.146. The van der Waals surface area contributed by atoms with Gasteiger partial charge in [-0.05, 0) is 24.3 Å². The third kappa shape index (κ3) is 3.39. The summed E-state index contributed by atoms with van der Waals surface area (Å²) in [6, 6.07) is 5.61. The van der Waals surface area contributed by atoms with Crippen molar-refractivity contribution in [3.05, 3.63) is 35.0 Å². The Morgan fingerprint density at radius 1 is 1.32 bits per heavy atom. The highest BCUT2D eigenvalue weighted by molar-refractivity contribution is 6.32. The number of hydrogen-bond donors (Lipinski definition) is 2. The van der Waals surface area contributed by atoms with Gasteiger partial charge >= 0.3 is 6.36 Å². The molecule has 0 aliphatic heterocycles. The van der Waals surface area contributed by atoms with Crippen LogP contribution in [0.4, 0.5) is 13.2 Å². The van der Waals surface area contributed by atoms with E-state index in [2.05, 4.69) is 14.9 Å². The molecular formula is C11H9ClF3N3O. The molecule has 0 bridgehead atoms. The van der Waals surface area contributed by atoms with Crippen LogP contribution < -0.4 is 10.5 Å². The fourth-order valence-electron chi connectivity index (χ4n) is 1.48. The summed E-state index contributed by atoms with van der Waals surface area (Å²) >= 11 is 5.74. The van der Waals surface area contributed by atoms with Gasteiger partial charge in [0.2, 0.25) is 0 Å². The summed E-state index contributed by atoms with van der Waals surface area (Å²) < 4.78 is 40.0. The molecule has 0 amide bonds. The molecule has 2 aromatic rings. The van der Waals surface area contributed by atoms with E-state index in [1.165, 1.54) is 12.1 Å². The lowest BCUT2D eigenvalue weighted by Crippen LogP contribution is -2.17. The van der Waals surface area contributed by atoms with Crippen molar-refractivity contribution in [3.8, 4) is 17.0 Å². The molecule has 0 aliphatic rings. The average Bonchev–Trinajstić information content (AvgIpc) is 2.79. The topological polar surface area (TPSA) is 63.9 Å². The van der Waals surface area contributed by atoms with E-state index in [1.807, 2.05) is 0 Å². The molecule has 0 unspecified atom stereocenters. The third-order valence-corrected chi connectivity index (χ3v) is 2.60. The molecule has 19 heavy (non-hydrogen) atoms. The number of aromatic nitrogens is 2. The van der Waals surface area contributed by atoms with E-state index in [-0.39, 0.29) is 11.6 Å². The standard InChI is InChI=1S/C11H9ClF3N3O/c12-8-3-6(9-4-7(5-16)17-18-9)1-2-10(8)19-11(13,14)15/h1-4H,5,16H2,(H,17,18). The van der Waals surface area contributed by atoms with Crippen LogP contribution >= 0.6 is 11.6 Å². The number of nitrogens with two attached hydrogens (primary N) is 1. The highest BCUT2D eigenvalue weighted by Crippen LogP contribution is 2.33. The number of halogens is 4. The molecule has 4 nitrogen and oxygen atoms in total. The number of nitrogens with one attached hydrogen (secondary N) is 1. The lowest BCUT2D eigenvalue weighted by Gasteiger charge is -2.10. The van der Waals surface area contributed by atoms with Crippen LogP contribution in [-0.4, -0.2) is 16.6 Å². The Kier molecular flexibility index (Phi) is 3.68. The average molecular weight is 292 g/mol. The fraction of sp³-hybridized carbons (Fsp3) is 0.182. The molecule has 0 aliphatic carbocycles. The third-order valence-electron chi connectivity index (χ3n) is 2.30. The van der Waals surface area contributed by atoms with Crippen LogP contribution in [0.2, 0.25) is 5.02 Å². The van der Waals surface area contributed by atoms with E-state index >= 15 is 0 Å². The molecule has 0 saturated carbocycles. The number of hydrogen-bond acceptors (Lipinski definition) is 3. The van der Waals surface area contributed by atoms with Gasteiger partial charge in [-0.25, -0.2) is 0 Å². The Balaban J connectivity index is 2.28. The number of alkyl halides is 3. The number of benzene rings is 1. The Hall–Kier alpha value is -1.73. The summed E-state index contributed by atoms with van der Waals surface area (Å²) in [5, 5.41) is 6.53. The van der Waals surface area contributed by atoms with Gasteiger partial charge in [-0.3, -0.25) is 5.10 Å². The SMILES string of the molecule is NCc1cc(-c2ccc(OC(F)(F)F)c(Cl)c2)n[nH]1. The number of aromatic amines is 1. The monoisotopic (exact) mass is 291 g/mol. The zero-order valence-corrected chi connectivity index (χ0v) is 10.2. The van der Waals surface area contributed by atoms with Crippen LogP contribution in [0.1, 0.15) is 5.69 Å². The largest absolute Gasteiger partial charge is 0.573 e. The number of ether oxygens (including phenoxy) is 1. The van der Waals surface area contributed by atoms with Gasteiger partial charge < -0.3 is 10.5 Å². The molecule has 0 atom stereocenters. The first-order valence-corrected chi connectivity index (χ1v) is 5.57. The Morgan fingerprint density at radius 3 is 2.58 bits per heavy atom. The van der Waals surface area contributed by atoms with Gasteiger partial charge in [0.05, 0.1) is 10.7 Å². The maximum atomic E-state index is 12.1. The van der Waals surface area contributed by atoms with E-state index in [9.17, 15) is 13.2 Å². The fourth-order valence-corrected chi connectivity index (χ4v) is 1.70. The lowest BCUT2D eigenvalue weighted by molar-refractivity contribution is -0.274. The molecule has 2 rings (SSSR count). The predicted octanol–water partition coefficient (Wildman–Crippen LogP) is 3.09. The summed E-state index contributed by atoms with van der Waals surface area (Å²) in [6.45, 7) is 0.288. The number of nitrogens with zero attached hydrogens (tertiary/aromatic N) is 1. The van der Waals surface area contributed by atoms with Crippen molar-refractivity contribution >= 4 is 11.6 Å². The van der Waals surface area contributed by atoms with Crippen molar-refractivity contribution in [1.29, 1.82) is 0 Å². The van der Waals surface area contributed by atoms with E-state index in [0.717, 1.165) is 6.07 Å². The Bertz CT molecular complexity index is 583. The van der Waals surface area contributed by atoms with Crippen LogP contribution in [0.3, 0.4) is 0 Å². The van der Waals surface area contributed by atoms with E-state index < -0.39 is 12.1 Å². The molecule has 0 radical (unpaired) electrons. The second-order valence-corrected chi connectivity index (χ2v) is 4.08. The summed E-state index contributed by atoms with van der Waals surface area (Å²) in [7, 11) is 0. The van der Waals surface area contributed by atoms with E-state index in [0.29, 0.717) is 17.0 Å². The Labute approximate surface area is 111 Å². The smallest absolute Gasteiger partial charge is 0.404 e. The van der Waals surface area contributed by atoms with Crippen molar-refractivity contribution in [1.82, 2.24) is 10.2 Å². The van der Waals surface area contributed by atoms with Crippen LogP contribution in [0.25, 0.3) is 11.3 Å². The molecule has 0 saturated heterocycles. The van der Waals surface area contributed by atoms with E-state index in [1.54, 1.807) is 6.07 Å². The number of rotatable bonds is 3. The summed E-state index contributed by atoms with van der Waals surface area (Å²) in [5.41, 5.74) is 7.24. The van der Waals surface area contributed by atoms with Crippen molar-refractivity contribution in [2.75, 3.05) is 0 Å².